The first kappa shape index (κ1) is 14.6. The van der Waals surface area contributed by atoms with Crippen LogP contribution in [0.25, 0.3) is 5.69 Å². The zero-order valence-electron chi connectivity index (χ0n) is 11.7. The van der Waals surface area contributed by atoms with Gasteiger partial charge in [-0.2, -0.15) is 0 Å². The molecular weight excluding hydrogens is 301 g/mol. The Bertz CT molecular complexity index is 910. The molecule has 3 rings (SSSR count). The second-order valence-electron chi connectivity index (χ2n) is 4.63. The molecule has 0 radical (unpaired) electrons. The molecule has 0 aliphatic carbocycles. The van der Waals surface area contributed by atoms with Gasteiger partial charge in [0.25, 0.3) is 0 Å². The van der Waals surface area contributed by atoms with Crippen molar-refractivity contribution < 1.29 is 9.13 Å². The summed E-state index contributed by atoms with van der Waals surface area (Å²) < 4.78 is 20.8. The largest absolute Gasteiger partial charge is 0.456 e. The van der Waals surface area contributed by atoms with E-state index >= 15 is 0 Å². The molecular formula is C16H10FN3O3. The number of aromatic nitrogens is 2. The fourth-order valence-corrected chi connectivity index (χ4v) is 2.00. The Hall–Kier alpha value is -3.35. The summed E-state index contributed by atoms with van der Waals surface area (Å²) in [6, 6.07) is 8.59. The van der Waals surface area contributed by atoms with Gasteiger partial charge in [-0.15, -0.1) is 4.91 Å². The van der Waals surface area contributed by atoms with E-state index in [1.807, 2.05) is 0 Å². The van der Waals surface area contributed by atoms with Crippen molar-refractivity contribution in [2.45, 2.75) is 0 Å². The topological polar surface area (TPSA) is 73.6 Å². The highest BCUT2D eigenvalue weighted by atomic mass is 19.1. The van der Waals surface area contributed by atoms with E-state index in [0.717, 1.165) is 0 Å². The third-order valence-electron chi connectivity index (χ3n) is 3.02. The van der Waals surface area contributed by atoms with Crippen molar-refractivity contribution in [3.05, 3.63) is 82.1 Å². The predicted octanol–water partition coefficient (Wildman–Crippen LogP) is 3.56. The van der Waals surface area contributed by atoms with Crippen LogP contribution in [-0.4, -0.2) is 9.55 Å². The molecule has 0 amide bonds. The van der Waals surface area contributed by atoms with Crippen LogP contribution in [-0.2, 0) is 0 Å². The van der Waals surface area contributed by atoms with Crippen LogP contribution in [0.5, 0.6) is 11.5 Å². The minimum atomic E-state index is -0.527. The van der Waals surface area contributed by atoms with Crippen LogP contribution in [0.4, 0.5) is 10.1 Å². The van der Waals surface area contributed by atoms with Crippen LogP contribution in [0.2, 0.25) is 0 Å². The van der Waals surface area contributed by atoms with Crippen molar-refractivity contribution in [3.63, 3.8) is 0 Å². The first-order valence-electron chi connectivity index (χ1n) is 6.60. The molecule has 7 heteroatoms. The number of ether oxygens (including phenoxy) is 1. The van der Waals surface area contributed by atoms with Gasteiger partial charge in [-0.25, -0.2) is 4.39 Å². The molecule has 0 aliphatic heterocycles. The lowest BCUT2D eigenvalue weighted by atomic mass is 10.2. The molecule has 6 nitrogen and oxygen atoms in total. The number of nitrogens with zero attached hydrogens (tertiary/aromatic N) is 3. The van der Waals surface area contributed by atoms with E-state index in [9.17, 15) is 14.1 Å². The molecule has 0 saturated carbocycles. The van der Waals surface area contributed by atoms with E-state index in [1.165, 1.54) is 41.4 Å². The maximum absolute atomic E-state index is 13.8. The van der Waals surface area contributed by atoms with Crippen molar-refractivity contribution in [3.8, 4) is 17.2 Å². The number of halogens is 1. The van der Waals surface area contributed by atoms with E-state index in [0.29, 0.717) is 11.4 Å². The number of pyridine rings is 2. The quantitative estimate of drug-likeness (QED) is 0.690. The molecule has 0 atom stereocenters. The summed E-state index contributed by atoms with van der Waals surface area (Å²) in [5.41, 5.74) is -0.375. The van der Waals surface area contributed by atoms with Crippen LogP contribution in [0.15, 0.2) is 71.2 Å². The molecule has 114 valence electrons. The lowest BCUT2D eigenvalue weighted by Gasteiger charge is -2.10. The summed E-state index contributed by atoms with van der Waals surface area (Å²) in [6.45, 7) is 0. The van der Waals surface area contributed by atoms with Crippen LogP contribution in [0.1, 0.15) is 0 Å². The third kappa shape index (κ3) is 3.29. The highest BCUT2D eigenvalue weighted by molar-refractivity contribution is 5.44. The van der Waals surface area contributed by atoms with Gasteiger partial charge in [0, 0.05) is 36.8 Å². The summed E-state index contributed by atoms with van der Waals surface area (Å²) in [5.74, 6) is 0.187. The molecule has 0 fully saturated rings. The average Bonchev–Trinajstić information content (AvgIpc) is 2.55. The molecule has 0 unspecified atom stereocenters. The molecule has 2 aromatic heterocycles. The van der Waals surface area contributed by atoms with E-state index in [2.05, 4.69) is 10.2 Å². The lowest BCUT2D eigenvalue weighted by molar-refractivity contribution is 0.474. The average molecular weight is 311 g/mol. The standard InChI is InChI=1S/C16H10FN3O3/c17-11-6-12(20-5-3-16(21)15(10-20)19-22)8-14(7-11)23-13-2-1-4-18-9-13/h1-10H. The number of hydrogen-bond acceptors (Lipinski definition) is 5. The lowest BCUT2D eigenvalue weighted by Crippen LogP contribution is -2.04. The molecule has 1 aromatic carbocycles. The third-order valence-corrected chi connectivity index (χ3v) is 3.02. The monoisotopic (exact) mass is 311 g/mol. The van der Waals surface area contributed by atoms with Gasteiger partial charge in [0.05, 0.1) is 11.9 Å². The van der Waals surface area contributed by atoms with E-state index < -0.39 is 11.2 Å². The first-order valence-corrected chi connectivity index (χ1v) is 6.60. The van der Waals surface area contributed by atoms with E-state index in [-0.39, 0.29) is 11.4 Å². The van der Waals surface area contributed by atoms with Gasteiger partial charge in [0.15, 0.2) is 5.69 Å². The highest BCUT2D eigenvalue weighted by Gasteiger charge is 2.07. The van der Waals surface area contributed by atoms with Gasteiger partial charge in [-0.1, -0.05) is 0 Å². The maximum atomic E-state index is 13.8. The molecule has 0 saturated heterocycles. The Labute approximate surface area is 129 Å². The van der Waals surface area contributed by atoms with Crippen LogP contribution < -0.4 is 10.2 Å². The summed E-state index contributed by atoms with van der Waals surface area (Å²) in [6.07, 6.45) is 5.74. The minimum Gasteiger partial charge on any atom is -0.456 e. The second-order valence-corrected chi connectivity index (χ2v) is 4.63. The molecule has 0 bridgehead atoms. The number of benzene rings is 1. The molecule has 23 heavy (non-hydrogen) atoms. The van der Waals surface area contributed by atoms with Crippen LogP contribution in [0.3, 0.4) is 0 Å². The van der Waals surface area contributed by atoms with E-state index in [4.69, 9.17) is 4.74 Å². The molecule has 0 aliphatic rings. The van der Waals surface area contributed by atoms with Crippen molar-refractivity contribution in [1.29, 1.82) is 0 Å². The van der Waals surface area contributed by atoms with Crippen molar-refractivity contribution in [2.75, 3.05) is 0 Å². The van der Waals surface area contributed by atoms with Crippen molar-refractivity contribution in [2.24, 2.45) is 5.18 Å². The second kappa shape index (κ2) is 6.18. The zero-order chi connectivity index (χ0) is 16.2. The molecule has 0 N–H and O–H groups in total. The summed E-state index contributed by atoms with van der Waals surface area (Å²) >= 11 is 0. The fourth-order valence-electron chi connectivity index (χ4n) is 2.00. The molecule has 3 aromatic rings. The van der Waals surface area contributed by atoms with Crippen LogP contribution in [0, 0.1) is 10.7 Å². The summed E-state index contributed by atoms with van der Waals surface area (Å²) in [4.78, 5) is 25.9. The Morgan fingerprint density at radius 3 is 2.78 bits per heavy atom. The number of hydrogen-bond donors (Lipinski definition) is 0. The SMILES string of the molecule is O=Nc1cn(-c2cc(F)cc(Oc3cccnc3)c2)ccc1=O. The summed E-state index contributed by atoms with van der Waals surface area (Å²) in [5, 5.41) is 2.65. The molecule has 2 heterocycles. The van der Waals surface area contributed by atoms with Gasteiger partial charge in [-0.05, 0) is 23.4 Å². The minimum absolute atomic E-state index is 0.257. The fraction of sp³-hybridized carbons (Fsp3) is 0. The Morgan fingerprint density at radius 1 is 1.17 bits per heavy atom. The Morgan fingerprint density at radius 2 is 2.04 bits per heavy atom. The van der Waals surface area contributed by atoms with Gasteiger partial charge in [-0.3, -0.25) is 9.78 Å². The van der Waals surface area contributed by atoms with Crippen LogP contribution >= 0.6 is 0 Å². The smallest absolute Gasteiger partial charge is 0.210 e. The molecule has 0 spiro atoms. The Kier molecular flexibility index (Phi) is 3.92. The van der Waals surface area contributed by atoms with Crippen molar-refractivity contribution in [1.82, 2.24) is 9.55 Å². The van der Waals surface area contributed by atoms with Gasteiger partial charge >= 0.3 is 0 Å². The van der Waals surface area contributed by atoms with Gasteiger partial charge < -0.3 is 9.30 Å². The van der Waals surface area contributed by atoms with Gasteiger partial charge in [0.2, 0.25) is 5.43 Å². The first-order chi connectivity index (χ1) is 11.2. The number of nitroso groups, excluding NO2 is 1. The Balaban J connectivity index is 2.00. The summed E-state index contributed by atoms with van der Waals surface area (Å²) in [7, 11) is 0. The normalized spacial score (nSPS) is 10.3. The van der Waals surface area contributed by atoms with Gasteiger partial charge in [0.1, 0.15) is 17.3 Å². The van der Waals surface area contributed by atoms with E-state index in [1.54, 1.807) is 24.4 Å². The predicted molar refractivity (Wildman–Crippen MR) is 81.8 cm³/mol. The zero-order valence-corrected chi connectivity index (χ0v) is 11.7. The highest BCUT2D eigenvalue weighted by Crippen LogP contribution is 2.25. The number of rotatable bonds is 4. The maximum Gasteiger partial charge on any atom is 0.210 e. The van der Waals surface area contributed by atoms with Crippen molar-refractivity contribution >= 4 is 5.69 Å².